The number of phenolic OH excluding ortho intramolecular Hbond substituents is 1. The number of aromatic hydroxyl groups is 1. The first-order valence-electron chi connectivity index (χ1n) is 8.52. The molecule has 1 aromatic rings. The monoisotopic (exact) mass is 352 g/mol. The minimum atomic E-state index is -1.12. The van der Waals surface area contributed by atoms with Gasteiger partial charge in [-0.15, -0.1) is 0 Å². The largest absolute Gasteiger partial charge is 0.508 e. The first-order chi connectivity index (χ1) is 11.8. The van der Waals surface area contributed by atoms with Crippen molar-refractivity contribution in [3.8, 4) is 11.5 Å². The van der Waals surface area contributed by atoms with Crippen molar-refractivity contribution >= 4 is 12.0 Å². The molecule has 4 N–H and O–H groups in total. The first kappa shape index (κ1) is 21.0. The lowest BCUT2D eigenvalue weighted by atomic mass is 10.0. The Morgan fingerprint density at radius 3 is 2.48 bits per heavy atom. The highest BCUT2D eigenvalue weighted by Crippen LogP contribution is 2.29. The molecule has 0 unspecified atom stereocenters. The van der Waals surface area contributed by atoms with Crippen molar-refractivity contribution < 1.29 is 30.0 Å². The van der Waals surface area contributed by atoms with Crippen molar-refractivity contribution in [3.05, 3.63) is 29.3 Å². The standard InChI is InChI=1S/C19H28O6/c1-13(20)7-6-10-15(21)9-5-3-4-8-14-11-16(22)12-17(25-2)18(14)19(23)24/h4,8,11-13,15,20-22H,3,5-7,9-10H2,1-2H3,(H,23,24)/b8-4+/t13-,15-/m0/s1. The maximum absolute atomic E-state index is 11.4. The number of unbranched alkanes of at least 4 members (excludes halogenated alkanes) is 1. The van der Waals surface area contributed by atoms with E-state index < -0.39 is 5.97 Å². The summed E-state index contributed by atoms with van der Waals surface area (Å²) >= 11 is 0. The highest BCUT2D eigenvalue weighted by molar-refractivity contribution is 5.95. The molecule has 0 heterocycles. The number of benzene rings is 1. The zero-order valence-electron chi connectivity index (χ0n) is 14.8. The van der Waals surface area contributed by atoms with Crippen LogP contribution in [0.25, 0.3) is 6.08 Å². The quantitative estimate of drug-likeness (QED) is 0.456. The van der Waals surface area contributed by atoms with Gasteiger partial charge in [0.15, 0.2) is 0 Å². The maximum Gasteiger partial charge on any atom is 0.340 e. The minimum Gasteiger partial charge on any atom is -0.508 e. The molecule has 1 rings (SSSR count). The minimum absolute atomic E-state index is 0.00899. The maximum atomic E-state index is 11.4. The fourth-order valence-corrected chi connectivity index (χ4v) is 2.62. The number of methoxy groups -OCH3 is 1. The number of carbonyl (C=O) groups is 1. The molecule has 0 radical (unpaired) electrons. The lowest BCUT2D eigenvalue weighted by Gasteiger charge is -2.10. The van der Waals surface area contributed by atoms with Gasteiger partial charge in [-0.25, -0.2) is 4.79 Å². The third kappa shape index (κ3) is 7.58. The molecule has 0 amide bonds. The molecule has 0 saturated heterocycles. The lowest BCUT2D eigenvalue weighted by molar-refractivity contribution is 0.0693. The van der Waals surface area contributed by atoms with Crippen molar-refractivity contribution in [2.24, 2.45) is 0 Å². The van der Waals surface area contributed by atoms with Gasteiger partial charge >= 0.3 is 5.97 Å². The zero-order valence-corrected chi connectivity index (χ0v) is 14.8. The molecule has 6 nitrogen and oxygen atoms in total. The third-order valence-corrected chi connectivity index (χ3v) is 3.92. The van der Waals surface area contributed by atoms with Gasteiger partial charge in [0, 0.05) is 6.07 Å². The van der Waals surface area contributed by atoms with E-state index in [0.717, 1.165) is 12.8 Å². The molecule has 0 fully saturated rings. The zero-order chi connectivity index (χ0) is 18.8. The number of carboxylic acids is 1. The van der Waals surface area contributed by atoms with Gasteiger partial charge < -0.3 is 25.2 Å². The Bertz CT molecular complexity index is 580. The van der Waals surface area contributed by atoms with Gasteiger partial charge in [-0.05, 0) is 57.1 Å². The molecule has 6 heteroatoms. The molecule has 0 saturated carbocycles. The van der Waals surface area contributed by atoms with Crippen LogP contribution < -0.4 is 4.74 Å². The van der Waals surface area contributed by atoms with Crippen LogP contribution in [-0.2, 0) is 0 Å². The van der Waals surface area contributed by atoms with Gasteiger partial charge in [0.1, 0.15) is 17.1 Å². The summed E-state index contributed by atoms with van der Waals surface area (Å²) < 4.78 is 5.02. The van der Waals surface area contributed by atoms with Crippen LogP contribution in [0.1, 0.15) is 61.4 Å². The summed E-state index contributed by atoms with van der Waals surface area (Å²) in [5.41, 5.74) is 0.386. The number of ether oxygens (including phenoxy) is 1. The summed E-state index contributed by atoms with van der Waals surface area (Å²) in [6.07, 6.45) is 7.00. The van der Waals surface area contributed by atoms with E-state index >= 15 is 0 Å². The second-order valence-corrected chi connectivity index (χ2v) is 6.18. The average molecular weight is 352 g/mol. The first-order valence-corrected chi connectivity index (χ1v) is 8.52. The molecule has 0 bridgehead atoms. The number of rotatable bonds is 11. The Balaban J connectivity index is 2.54. The number of hydrogen-bond donors (Lipinski definition) is 4. The second kappa shape index (κ2) is 10.7. The summed E-state index contributed by atoms with van der Waals surface area (Å²) in [7, 11) is 1.35. The molecule has 0 aliphatic rings. The Morgan fingerprint density at radius 2 is 1.88 bits per heavy atom. The van der Waals surface area contributed by atoms with Gasteiger partial charge in [0.2, 0.25) is 0 Å². The van der Waals surface area contributed by atoms with Crippen LogP contribution in [0.4, 0.5) is 0 Å². The Morgan fingerprint density at radius 1 is 1.20 bits per heavy atom. The molecule has 25 heavy (non-hydrogen) atoms. The smallest absolute Gasteiger partial charge is 0.340 e. The molecule has 0 aliphatic heterocycles. The third-order valence-electron chi connectivity index (χ3n) is 3.92. The van der Waals surface area contributed by atoms with Crippen molar-refractivity contribution in [3.63, 3.8) is 0 Å². The number of aliphatic hydroxyl groups excluding tert-OH is 2. The summed E-state index contributed by atoms with van der Waals surface area (Å²) in [6, 6.07) is 2.65. The van der Waals surface area contributed by atoms with Crippen LogP contribution in [0.3, 0.4) is 0 Å². The van der Waals surface area contributed by atoms with Crippen molar-refractivity contribution in [2.75, 3.05) is 7.11 Å². The second-order valence-electron chi connectivity index (χ2n) is 6.18. The van der Waals surface area contributed by atoms with Crippen molar-refractivity contribution in [1.82, 2.24) is 0 Å². The lowest BCUT2D eigenvalue weighted by Crippen LogP contribution is -2.08. The molecule has 1 aromatic carbocycles. The van der Waals surface area contributed by atoms with Gasteiger partial charge in [-0.2, -0.15) is 0 Å². The van der Waals surface area contributed by atoms with Crippen LogP contribution >= 0.6 is 0 Å². The van der Waals surface area contributed by atoms with Gasteiger partial charge in [0.05, 0.1) is 19.3 Å². The summed E-state index contributed by atoms with van der Waals surface area (Å²) in [5, 5.41) is 38.0. The summed E-state index contributed by atoms with van der Waals surface area (Å²) in [6.45, 7) is 1.74. The molecule has 140 valence electrons. The normalized spacial score (nSPS) is 13.8. The Hall–Kier alpha value is -2.05. The Labute approximate surface area is 148 Å². The van der Waals surface area contributed by atoms with Crippen molar-refractivity contribution in [1.29, 1.82) is 0 Å². The van der Waals surface area contributed by atoms with Gasteiger partial charge in [0.25, 0.3) is 0 Å². The molecular formula is C19H28O6. The van der Waals surface area contributed by atoms with E-state index in [1.807, 2.05) is 6.08 Å². The van der Waals surface area contributed by atoms with Crippen LogP contribution in [0.5, 0.6) is 11.5 Å². The average Bonchev–Trinajstić information content (AvgIpc) is 2.53. The number of phenols is 1. The number of allylic oxidation sites excluding steroid dienone is 1. The predicted octanol–water partition coefficient (Wildman–Crippen LogP) is 3.19. The van der Waals surface area contributed by atoms with E-state index in [1.54, 1.807) is 13.0 Å². The molecule has 0 aliphatic carbocycles. The highest BCUT2D eigenvalue weighted by Gasteiger charge is 2.16. The number of aliphatic hydroxyl groups is 2. The fraction of sp³-hybridized carbons (Fsp3) is 0.526. The van der Waals surface area contributed by atoms with E-state index in [1.165, 1.54) is 19.2 Å². The predicted molar refractivity (Wildman–Crippen MR) is 96.0 cm³/mol. The number of carboxylic acid groups (broad SMARTS) is 1. The van der Waals surface area contributed by atoms with E-state index in [0.29, 0.717) is 31.2 Å². The van der Waals surface area contributed by atoms with Crippen molar-refractivity contribution in [2.45, 2.75) is 57.7 Å². The summed E-state index contributed by atoms with van der Waals surface area (Å²) in [5.74, 6) is -1.07. The van der Waals surface area contributed by atoms with Crippen LogP contribution in [0.2, 0.25) is 0 Å². The fourth-order valence-electron chi connectivity index (χ4n) is 2.62. The van der Waals surface area contributed by atoms with E-state index in [-0.39, 0.29) is 29.3 Å². The highest BCUT2D eigenvalue weighted by atomic mass is 16.5. The topological polar surface area (TPSA) is 107 Å². The van der Waals surface area contributed by atoms with E-state index in [2.05, 4.69) is 0 Å². The number of aromatic carboxylic acids is 1. The van der Waals surface area contributed by atoms with Gasteiger partial charge in [-0.1, -0.05) is 12.2 Å². The number of hydrogen-bond acceptors (Lipinski definition) is 5. The SMILES string of the molecule is COc1cc(O)cc(/C=C/CCC[C@H](O)CCC[C@H](C)O)c1C(=O)O. The van der Waals surface area contributed by atoms with E-state index in [4.69, 9.17) is 4.74 Å². The molecule has 0 spiro atoms. The molecular weight excluding hydrogens is 324 g/mol. The van der Waals surface area contributed by atoms with Crippen LogP contribution in [0.15, 0.2) is 18.2 Å². The molecule has 2 atom stereocenters. The van der Waals surface area contributed by atoms with Gasteiger partial charge in [-0.3, -0.25) is 0 Å². The summed E-state index contributed by atoms with van der Waals surface area (Å²) in [4.78, 5) is 11.4. The van der Waals surface area contributed by atoms with E-state index in [9.17, 15) is 25.2 Å². The Kier molecular flexibility index (Phi) is 9.02. The molecule has 0 aromatic heterocycles. The van der Waals surface area contributed by atoms with Crippen LogP contribution in [0, 0.1) is 0 Å². The van der Waals surface area contributed by atoms with Crippen LogP contribution in [-0.4, -0.2) is 45.7 Å².